The number of carbonyl (C=O) groups excluding carboxylic acids is 1. The molecular weight excluding hydrogens is 373 g/mol. The zero-order chi connectivity index (χ0) is 16.3. The summed E-state index contributed by atoms with van der Waals surface area (Å²) in [4.78, 5) is 11.8. The van der Waals surface area contributed by atoms with Crippen LogP contribution in [0.4, 0.5) is 0 Å². The number of carbonyl (C=O) groups is 1. The highest BCUT2D eigenvalue weighted by Gasteiger charge is 2.32. The van der Waals surface area contributed by atoms with Gasteiger partial charge in [-0.15, -0.1) is 0 Å². The summed E-state index contributed by atoms with van der Waals surface area (Å²) in [6, 6.07) is 3.01. The SMILES string of the molecule is O=C(NCCOc1c(Cl)cc(Cl)cc1Cl)[C@H]1CCS(=O)(=O)C1. The minimum atomic E-state index is -3.07. The van der Waals surface area contributed by atoms with E-state index in [-0.39, 0.29) is 40.6 Å². The Kier molecular flexibility index (Phi) is 5.82. The van der Waals surface area contributed by atoms with E-state index in [1.54, 1.807) is 0 Å². The van der Waals surface area contributed by atoms with Gasteiger partial charge in [0.05, 0.1) is 34.0 Å². The van der Waals surface area contributed by atoms with Gasteiger partial charge in [-0.3, -0.25) is 4.79 Å². The summed E-state index contributed by atoms with van der Waals surface area (Å²) in [5.74, 6) is -0.484. The van der Waals surface area contributed by atoms with Gasteiger partial charge in [0.1, 0.15) is 6.61 Å². The molecule has 0 radical (unpaired) electrons. The van der Waals surface area contributed by atoms with Crippen LogP contribution in [0.1, 0.15) is 6.42 Å². The van der Waals surface area contributed by atoms with Crippen LogP contribution in [0.3, 0.4) is 0 Å². The smallest absolute Gasteiger partial charge is 0.224 e. The van der Waals surface area contributed by atoms with Gasteiger partial charge in [-0.25, -0.2) is 8.42 Å². The molecule has 1 amide bonds. The van der Waals surface area contributed by atoms with Crippen LogP contribution < -0.4 is 10.1 Å². The topological polar surface area (TPSA) is 72.5 Å². The van der Waals surface area contributed by atoms with Gasteiger partial charge >= 0.3 is 0 Å². The first-order chi connectivity index (χ1) is 10.3. The Labute approximate surface area is 143 Å². The van der Waals surface area contributed by atoms with E-state index in [4.69, 9.17) is 39.5 Å². The Morgan fingerprint density at radius 2 is 1.91 bits per heavy atom. The maximum absolute atomic E-state index is 11.8. The summed E-state index contributed by atoms with van der Waals surface area (Å²) in [6.07, 6.45) is 0.365. The van der Waals surface area contributed by atoms with Crippen LogP contribution in [0.2, 0.25) is 15.1 Å². The molecule has 5 nitrogen and oxygen atoms in total. The number of hydrogen-bond donors (Lipinski definition) is 1. The van der Waals surface area contributed by atoms with E-state index in [1.165, 1.54) is 12.1 Å². The Balaban J connectivity index is 1.79. The first kappa shape index (κ1) is 17.7. The summed E-state index contributed by atoms with van der Waals surface area (Å²) in [7, 11) is -3.07. The molecule has 9 heteroatoms. The van der Waals surface area contributed by atoms with Crippen LogP contribution >= 0.6 is 34.8 Å². The molecule has 22 heavy (non-hydrogen) atoms. The van der Waals surface area contributed by atoms with Crippen molar-refractivity contribution in [2.45, 2.75) is 6.42 Å². The molecule has 0 spiro atoms. The van der Waals surface area contributed by atoms with Crippen LogP contribution in [-0.2, 0) is 14.6 Å². The summed E-state index contributed by atoms with van der Waals surface area (Å²) in [6.45, 7) is 0.386. The summed E-state index contributed by atoms with van der Waals surface area (Å²) < 4.78 is 28.1. The van der Waals surface area contributed by atoms with Crippen molar-refractivity contribution in [2.75, 3.05) is 24.7 Å². The molecular formula is C13H14Cl3NO4S. The van der Waals surface area contributed by atoms with Gasteiger partial charge in [0, 0.05) is 5.02 Å². The predicted molar refractivity (Wildman–Crippen MR) is 86.7 cm³/mol. The molecule has 1 saturated heterocycles. The molecule has 1 fully saturated rings. The van der Waals surface area contributed by atoms with Crippen molar-refractivity contribution < 1.29 is 17.9 Å². The highest BCUT2D eigenvalue weighted by atomic mass is 35.5. The number of halogens is 3. The molecule has 1 atom stereocenters. The molecule has 1 aliphatic heterocycles. The molecule has 1 N–H and O–H groups in total. The van der Waals surface area contributed by atoms with Gasteiger partial charge in [-0.2, -0.15) is 0 Å². The predicted octanol–water partition coefficient (Wildman–Crippen LogP) is 2.58. The maximum atomic E-state index is 11.8. The number of benzene rings is 1. The molecule has 0 bridgehead atoms. The van der Waals surface area contributed by atoms with Crippen molar-refractivity contribution >= 4 is 50.5 Å². The second kappa shape index (κ2) is 7.25. The van der Waals surface area contributed by atoms with Crippen LogP contribution in [0.5, 0.6) is 5.75 Å². The summed E-state index contributed by atoms with van der Waals surface area (Å²) in [5, 5.41) is 3.61. The average Bonchev–Trinajstić information content (AvgIpc) is 2.77. The minimum absolute atomic E-state index is 0.0670. The minimum Gasteiger partial charge on any atom is -0.489 e. The zero-order valence-corrected chi connectivity index (χ0v) is 14.5. The third kappa shape index (κ3) is 4.65. The van der Waals surface area contributed by atoms with Gasteiger partial charge < -0.3 is 10.1 Å². The van der Waals surface area contributed by atoms with Crippen LogP contribution in [0.25, 0.3) is 0 Å². The van der Waals surface area contributed by atoms with E-state index in [2.05, 4.69) is 5.32 Å². The molecule has 1 heterocycles. The number of hydrogen-bond acceptors (Lipinski definition) is 4. The van der Waals surface area contributed by atoms with Gasteiger partial charge in [0.2, 0.25) is 5.91 Å². The van der Waals surface area contributed by atoms with Crippen LogP contribution in [0, 0.1) is 5.92 Å². The van der Waals surface area contributed by atoms with Gasteiger partial charge in [0.15, 0.2) is 15.6 Å². The highest BCUT2D eigenvalue weighted by molar-refractivity contribution is 7.91. The van der Waals surface area contributed by atoms with Crippen molar-refractivity contribution in [3.8, 4) is 5.75 Å². The van der Waals surface area contributed by atoms with E-state index < -0.39 is 15.8 Å². The second-order valence-corrected chi connectivity index (χ2v) is 8.42. The van der Waals surface area contributed by atoms with Crippen LogP contribution in [-0.4, -0.2) is 39.0 Å². The highest BCUT2D eigenvalue weighted by Crippen LogP contribution is 2.35. The Hall–Kier alpha value is -0.690. The van der Waals surface area contributed by atoms with Crippen molar-refractivity contribution in [1.29, 1.82) is 0 Å². The number of nitrogens with one attached hydrogen (secondary N) is 1. The molecule has 1 aliphatic rings. The molecule has 0 saturated carbocycles. The third-order valence-electron chi connectivity index (χ3n) is 3.21. The monoisotopic (exact) mass is 385 g/mol. The van der Waals surface area contributed by atoms with E-state index >= 15 is 0 Å². The molecule has 122 valence electrons. The Bertz CT molecular complexity index is 655. The average molecular weight is 387 g/mol. The molecule has 0 aromatic heterocycles. The summed E-state index contributed by atoms with van der Waals surface area (Å²) >= 11 is 17.7. The van der Waals surface area contributed by atoms with E-state index in [9.17, 15) is 13.2 Å². The van der Waals surface area contributed by atoms with Gasteiger partial charge in [-0.1, -0.05) is 34.8 Å². The van der Waals surface area contributed by atoms with E-state index in [1.807, 2.05) is 0 Å². The quantitative estimate of drug-likeness (QED) is 0.790. The lowest BCUT2D eigenvalue weighted by molar-refractivity contribution is -0.124. The van der Waals surface area contributed by atoms with Gasteiger partial charge in [0.25, 0.3) is 0 Å². The Morgan fingerprint density at radius 3 is 2.45 bits per heavy atom. The molecule has 1 aromatic rings. The Morgan fingerprint density at radius 1 is 1.27 bits per heavy atom. The van der Waals surface area contributed by atoms with Crippen molar-refractivity contribution in [1.82, 2.24) is 5.32 Å². The molecule has 2 rings (SSSR count). The number of sulfone groups is 1. The molecule has 1 aromatic carbocycles. The maximum Gasteiger partial charge on any atom is 0.224 e. The lowest BCUT2D eigenvalue weighted by Crippen LogP contribution is -2.34. The first-order valence-electron chi connectivity index (χ1n) is 6.54. The lowest BCUT2D eigenvalue weighted by Gasteiger charge is -2.12. The van der Waals surface area contributed by atoms with E-state index in [0.717, 1.165) is 0 Å². The zero-order valence-electron chi connectivity index (χ0n) is 11.4. The largest absolute Gasteiger partial charge is 0.489 e. The fourth-order valence-electron chi connectivity index (χ4n) is 2.14. The third-order valence-corrected chi connectivity index (χ3v) is 5.76. The van der Waals surface area contributed by atoms with Crippen LogP contribution in [0.15, 0.2) is 12.1 Å². The van der Waals surface area contributed by atoms with E-state index in [0.29, 0.717) is 17.2 Å². The number of rotatable bonds is 5. The number of ether oxygens (including phenoxy) is 1. The fourth-order valence-corrected chi connectivity index (χ4v) is 4.81. The standard InChI is InChI=1S/C13H14Cl3NO4S/c14-9-5-10(15)12(11(16)6-9)21-3-2-17-13(18)8-1-4-22(19,20)7-8/h5-6,8H,1-4,7H2,(H,17,18)/t8-/m0/s1. The number of amides is 1. The molecule has 0 aliphatic carbocycles. The van der Waals surface area contributed by atoms with Crippen molar-refractivity contribution in [3.05, 3.63) is 27.2 Å². The normalized spacial score (nSPS) is 19.9. The first-order valence-corrected chi connectivity index (χ1v) is 9.49. The van der Waals surface area contributed by atoms with Crippen molar-refractivity contribution in [3.63, 3.8) is 0 Å². The fraction of sp³-hybridized carbons (Fsp3) is 0.462. The lowest BCUT2D eigenvalue weighted by atomic mass is 10.1. The molecule has 0 unspecified atom stereocenters. The van der Waals surface area contributed by atoms with Gasteiger partial charge in [-0.05, 0) is 18.6 Å². The summed E-state index contributed by atoms with van der Waals surface area (Å²) in [5.41, 5.74) is 0. The second-order valence-electron chi connectivity index (χ2n) is 4.94. The van der Waals surface area contributed by atoms with Crippen molar-refractivity contribution in [2.24, 2.45) is 5.92 Å².